The molecule has 0 bridgehead atoms. The smallest absolute Gasteiger partial charge is 0.160 e. The number of nitrogens with zero attached hydrogens (tertiary/aromatic N) is 5. The summed E-state index contributed by atoms with van der Waals surface area (Å²) < 4.78 is 13.3. The average molecular weight is 464 g/mol. The van der Waals surface area contributed by atoms with Crippen molar-refractivity contribution in [2.24, 2.45) is 0 Å². The van der Waals surface area contributed by atoms with Crippen LogP contribution in [-0.4, -0.2) is 63.3 Å². The molecule has 1 aromatic carbocycles. The van der Waals surface area contributed by atoms with E-state index in [0.29, 0.717) is 18.0 Å². The predicted molar refractivity (Wildman–Crippen MR) is 131 cm³/mol. The molecule has 1 unspecified atom stereocenters. The van der Waals surface area contributed by atoms with Crippen molar-refractivity contribution >= 4 is 22.4 Å². The summed E-state index contributed by atoms with van der Waals surface area (Å²) in [4.78, 5) is 13.0. The number of nitrogens with one attached hydrogen (secondary N) is 2. The summed E-state index contributed by atoms with van der Waals surface area (Å²) in [6.45, 7) is 4.71. The highest BCUT2D eigenvalue weighted by Gasteiger charge is 2.18. The molecule has 0 fully saturated rings. The van der Waals surface area contributed by atoms with Crippen LogP contribution in [0.25, 0.3) is 22.2 Å². The molecule has 0 aliphatic heterocycles. The molecule has 0 saturated carbocycles. The molecule has 1 atom stereocenters. The van der Waals surface area contributed by atoms with Crippen LogP contribution in [0.2, 0.25) is 0 Å². The summed E-state index contributed by atoms with van der Waals surface area (Å²) in [7, 11) is 3.39. The maximum Gasteiger partial charge on any atom is 0.160 e. The Balaban J connectivity index is 1.81. The van der Waals surface area contributed by atoms with Gasteiger partial charge in [0.1, 0.15) is 30.5 Å². The molecule has 3 heterocycles. The fourth-order valence-electron chi connectivity index (χ4n) is 3.65. The van der Waals surface area contributed by atoms with Gasteiger partial charge in [-0.1, -0.05) is 0 Å². The van der Waals surface area contributed by atoms with Crippen molar-refractivity contribution in [2.45, 2.75) is 26.0 Å². The molecule has 4 aromatic rings. The van der Waals surface area contributed by atoms with Crippen molar-refractivity contribution in [3.63, 3.8) is 0 Å². The summed E-state index contributed by atoms with van der Waals surface area (Å²) in [6.07, 6.45) is 7.89. The number of likely N-dealkylation sites (N-methyl/N-ethyl adjacent to an activating group) is 1. The standard InChI is InChI=1S/C24H29N7O3/c1-15(2)31-24-22(12-29-31)23(30-17-8-26-14-27-9-17)21(11-28-24)16-5-19(33-4)7-20(6-16)34-13-18(32)10-25-3/h5-9,11-12,14-15,18,25,32H,10,13H2,1-4H3,(H,28,30). The fraction of sp³-hybridized carbons (Fsp3) is 0.333. The van der Waals surface area contributed by atoms with E-state index in [9.17, 15) is 5.11 Å². The fourth-order valence-corrected chi connectivity index (χ4v) is 3.65. The van der Waals surface area contributed by atoms with Gasteiger partial charge in [-0.05, 0) is 38.6 Å². The first-order chi connectivity index (χ1) is 16.5. The highest BCUT2D eigenvalue weighted by atomic mass is 16.5. The van der Waals surface area contributed by atoms with Gasteiger partial charge in [-0.25, -0.2) is 19.6 Å². The minimum Gasteiger partial charge on any atom is -0.497 e. The number of ether oxygens (including phenoxy) is 2. The monoisotopic (exact) mass is 463 g/mol. The van der Waals surface area contributed by atoms with E-state index in [1.54, 1.807) is 32.6 Å². The molecule has 178 valence electrons. The first kappa shape index (κ1) is 23.4. The van der Waals surface area contributed by atoms with Gasteiger partial charge in [-0.2, -0.15) is 5.10 Å². The van der Waals surface area contributed by atoms with Crippen LogP contribution >= 0.6 is 0 Å². The van der Waals surface area contributed by atoms with Gasteiger partial charge in [0.15, 0.2) is 5.65 Å². The van der Waals surface area contributed by atoms with Gasteiger partial charge < -0.3 is 25.2 Å². The second kappa shape index (κ2) is 10.4. The molecular formula is C24H29N7O3. The molecule has 3 N–H and O–H groups in total. The number of methoxy groups -OCH3 is 1. The Kier molecular flexibility index (Phi) is 7.19. The van der Waals surface area contributed by atoms with Crippen LogP contribution in [0.1, 0.15) is 19.9 Å². The minimum atomic E-state index is -0.630. The van der Waals surface area contributed by atoms with Gasteiger partial charge in [-0.15, -0.1) is 0 Å². The lowest BCUT2D eigenvalue weighted by atomic mass is 10.0. The van der Waals surface area contributed by atoms with Crippen molar-refractivity contribution in [3.8, 4) is 22.6 Å². The second-order valence-electron chi connectivity index (χ2n) is 8.14. The number of aromatic nitrogens is 5. The molecule has 0 saturated heterocycles. The second-order valence-corrected chi connectivity index (χ2v) is 8.14. The van der Waals surface area contributed by atoms with Crippen molar-refractivity contribution < 1.29 is 14.6 Å². The van der Waals surface area contributed by atoms with E-state index in [0.717, 1.165) is 33.5 Å². The van der Waals surface area contributed by atoms with Crippen LogP contribution in [0.5, 0.6) is 11.5 Å². The molecule has 10 heteroatoms. The lowest BCUT2D eigenvalue weighted by molar-refractivity contribution is 0.108. The van der Waals surface area contributed by atoms with Gasteiger partial charge in [0.2, 0.25) is 0 Å². The number of fused-ring (bicyclic) bond motifs is 1. The molecule has 4 rings (SSSR count). The molecular weight excluding hydrogens is 434 g/mol. The quantitative estimate of drug-likeness (QED) is 0.326. The molecule has 0 radical (unpaired) electrons. The average Bonchev–Trinajstić information content (AvgIpc) is 3.29. The SMILES string of the molecule is CNCC(O)COc1cc(OC)cc(-c2cnc3c(cnn3C(C)C)c2Nc2cncnc2)c1. The van der Waals surface area contributed by atoms with Crippen molar-refractivity contribution in [1.29, 1.82) is 0 Å². The normalized spacial score (nSPS) is 12.2. The van der Waals surface area contributed by atoms with Gasteiger partial charge in [0.25, 0.3) is 0 Å². The summed E-state index contributed by atoms with van der Waals surface area (Å²) in [5.41, 5.74) is 4.00. The third-order valence-corrected chi connectivity index (χ3v) is 5.25. The number of rotatable bonds is 10. The molecule has 0 amide bonds. The van der Waals surface area contributed by atoms with E-state index in [4.69, 9.17) is 14.5 Å². The van der Waals surface area contributed by atoms with Gasteiger partial charge in [0, 0.05) is 30.4 Å². The Morgan fingerprint density at radius 1 is 1.06 bits per heavy atom. The van der Waals surface area contributed by atoms with Crippen LogP contribution in [0.15, 0.2) is 49.3 Å². The Labute approximate surface area is 198 Å². The highest BCUT2D eigenvalue weighted by molar-refractivity contribution is 5.99. The first-order valence-electron chi connectivity index (χ1n) is 11.0. The topological polar surface area (TPSA) is 119 Å². The number of aliphatic hydroxyl groups excluding tert-OH is 1. The number of hydrogen-bond acceptors (Lipinski definition) is 9. The Morgan fingerprint density at radius 2 is 1.82 bits per heavy atom. The molecule has 0 aliphatic rings. The zero-order valence-electron chi connectivity index (χ0n) is 19.7. The molecule has 0 aliphatic carbocycles. The number of pyridine rings is 1. The summed E-state index contributed by atoms with van der Waals surface area (Å²) in [6, 6.07) is 5.76. The van der Waals surface area contributed by atoms with Crippen molar-refractivity contribution in [2.75, 3.05) is 32.6 Å². The largest absolute Gasteiger partial charge is 0.497 e. The van der Waals surface area contributed by atoms with Crippen molar-refractivity contribution in [1.82, 2.24) is 30.0 Å². The van der Waals surface area contributed by atoms with E-state index < -0.39 is 6.10 Å². The summed E-state index contributed by atoms with van der Waals surface area (Å²) in [5.74, 6) is 1.21. The van der Waals surface area contributed by atoms with E-state index in [1.807, 2.05) is 29.2 Å². The molecule has 3 aromatic heterocycles. The summed E-state index contributed by atoms with van der Waals surface area (Å²) in [5, 5.41) is 21.8. The molecule has 10 nitrogen and oxygen atoms in total. The Bertz CT molecular complexity index is 1240. The minimum absolute atomic E-state index is 0.151. The Hall–Kier alpha value is -3.76. The third-order valence-electron chi connectivity index (χ3n) is 5.25. The van der Waals surface area contributed by atoms with E-state index >= 15 is 0 Å². The number of anilines is 2. The van der Waals surface area contributed by atoms with Crippen LogP contribution in [-0.2, 0) is 0 Å². The molecule has 34 heavy (non-hydrogen) atoms. The van der Waals surface area contributed by atoms with Crippen molar-refractivity contribution in [3.05, 3.63) is 49.3 Å². The highest BCUT2D eigenvalue weighted by Crippen LogP contribution is 2.39. The van der Waals surface area contributed by atoms with Gasteiger partial charge in [0.05, 0.1) is 42.5 Å². The number of benzene rings is 1. The van der Waals surface area contributed by atoms with E-state index in [1.165, 1.54) is 6.33 Å². The zero-order valence-corrected chi connectivity index (χ0v) is 19.7. The Morgan fingerprint density at radius 3 is 2.53 bits per heavy atom. The van der Waals surface area contributed by atoms with Crippen LogP contribution in [0.3, 0.4) is 0 Å². The van der Waals surface area contributed by atoms with E-state index in [2.05, 4.69) is 39.5 Å². The van der Waals surface area contributed by atoms with Gasteiger partial charge >= 0.3 is 0 Å². The first-order valence-corrected chi connectivity index (χ1v) is 11.0. The number of hydrogen-bond donors (Lipinski definition) is 3. The lowest BCUT2D eigenvalue weighted by Crippen LogP contribution is -2.29. The number of aliphatic hydroxyl groups is 1. The lowest BCUT2D eigenvalue weighted by Gasteiger charge is -2.17. The third kappa shape index (κ3) is 5.08. The van der Waals surface area contributed by atoms with Crippen LogP contribution < -0.4 is 20.1 Å². The maximum absolute atomic E-state index is 10.0. The predicted octanol–water partition coefficient (Wildman–Crippen LogP) is 3.18. The molecule has 0 spiro atoms. The van der Waals surface area contributed by atoms with Crippen LogP contribution in [0.4, 0.5) is 11.4 Å². The van der Waals surface area contributed by atoms with Crippen LogP contribution in [0, 0.1) is 0 Å². The van der Waals surface area contributed by atoms with Gasteiger partial charge in [-0.3, -0.25) is 0 Å². The van der Waals surface area contributed by atoms with E-state index in [-0.39, 0.29) is 12.6 Å². The maximum atomic E-state index is 10.0. The summed E-state index contributed by atoms with van der Waals surface area (Å²) >= 11 is 0. The zero-order chi connectivity index (χ0) is 24.1.